The Kier molecular flexibility index (Phi) is 8.72. The summed E-state index contributed by atoms with van der Waals surface area (Å²) < 4.78 is 31.4. The van der Waals surface area contributed by atoms with Crippen LogP contribution in [0.3, 0.4) is 0 Å². The van der Waals surface area contributed by atoms with Crippen molar-refractivity contribution >= 4 is 46.1 Å². The van der Waals surface area contributed by atoms with E-state index in [1.54, 1.807) is 24.4 Å². The van der Waals surface area contributed by atoms with Gasteiger partial charge in [-0.15, -0.1) is 11.3 Å². The molecule has 0 radical (unpaired) electrons. The first-order valence-corrected chi connectivity index (χ1v) is 13.1. The van der Waals surface area contributed by atoms with Crippen LogP contribution in [0.4, 0.5) is 37.6 Å². The van der Waals surface area contributed by atoms with Gasteiger partial charge in [0, 0.05) is 56.2 Å². The van der Waals surface area contributed by atoms with Gasteiger partial charge in [0.2, 0.25) is 5.95 Å². The van der Waals surface area contributed by atoms with Gasteiger partial charge in [-0.1, -0.05) is 6.92 Å². The van der Waals surface area contributed by atoms with E-state index in [-0.39, 0.29) is 17.6 Å². The lowest BCUT2D eigenvalue weighted by Crippen LogP contribution is -2.46. The van der Waals surface area contributed by atoms with E-state index in [4.69, 9.17) is 4.74 Å². The van der Waals surface area contributed by atoms with Crippen LogP contribution < -0.4 is 25.6 Å². The number of hydrogen-bond donors (Lipinski definition) is 3. The monoisotopic (exact) mass is 531 g/mol. The van der Waals surface area contributed by atoms with E-state index in [1.807, 2.05) is 25.3 Å². The fraction of sp³-hybridized carbons (Fsp3) is 0.400. The summed E-state index contributed by atoms with van der Waals surface area (Å²) in [6.45, 7) is 7.81. The van der Waals surface area contributed by atoms with Gasteiger partial charge >= 0.3 is 6.61 Å². The molecule has 1 aromatic carbocycles. The molecule has 1 aliphatic rings. The maximum Gasteiger partial charge on any atom is 0.387 e. The van der Waals surface area contributed by atoms with Gasteiger partial charge in [0.15, 0.2) is 5.75 Å². The van der Waals surface area contributed by atoms with Crippen LogP contribution in [0.5, 0.6) is 5.75 Å². The molecular formula is C25H31F2N7O2S. The van der Waals surface area contributed by atoms with Crippen LogP contribution in [-0.2, 0) is 0 Å². The highest BCUT2D eigenvalue weighted by Gasteiger charge is 2.20. The summed E-state index contributed by atoms with van der Waals surface area (Å²) in [7, 11) is 0. The average Bonchev–Trinajstić information content (AvgIpc) is 3.35. The van der Waals surface area contributed by atoms with Gasteiger partial charge in [0.25, 0.3) is 5.91 Å². The molecule has 4 rings (SSSR count). The molecule has 1 fully saturated rings. The fourth-order valence-corrected chi connectivity index (χ4v) is 4.79. The Labute approximate surface area is 218 Å². The maximum absolute atomic E-state index is 13.3. The van der Waals surface area contributed by atoms with Crippen LogP contribution in [0.1, 0.15) is 29.1 Å². The molecular weight excluding hydrogens is 500 g/mol. The second-order valence-electron chi connectivity index (χ2n) is 8.48. The molecule has 0 bridgehead atoms. The number of thiophene rings is 1. The number of likely N-dealkylation sites (N-methyl/N-ethyl adjacent to an activating group) is 1. The third kappa shape index (κ3) is 6.63. The number of aromatic nitrogens is 2. The largest absolute Gasteiger partial charge is 0.433 e. The molecule has 9 nitrogen and oxygen atoms in total. The van der Waals surface area contributed by atoms with Crippen LogP contribution in [0.2, 0.25) is 0 Å². The van der Waals surface area contributed by atoms with Gasteiger partial charge in [-0.3, -0.25) is 4.79 Å². The molecule has 12 heteroatoms. The molecule has 37 heavy (non-hydrogen) atoms. The number of ether oxygens (including phenoxy) is 1. The lowest BCUT2D eigenvalue weighted by molar-refractivity contribution is -0.0493. The van der Waals surface area contributed by atoms with E-state index in [2.05, 4.69) is 42.6 Å². The zero-order valence-corrected chi connectivity index (χ0v) is 21.9. The number of nitrogens with zero attached hydrogens (tertiary/aromatic N) is 4. The van der Waals surface area contributed by atoms with Crippen LogP contribution in [0.25, 0.3) is 0 Å². The minimum atomic E-state index is -2.98. The Morgan fingerprint density at radius 3 is 2.62 bits per heavy atom. The Morgan fingerprint density at radius 1 is 1.14 bits per heavy atom. The van der Waals surface area contributed by atoms with Crippen LogP contribution >= 0.6 is 11.3 Å². The van der Waals surface area contributed by atoms with Gasteiger partial charge in [-0.05, 0) is 44.0 Å². The quantitative estimate of drug-likeness (QED) is 0.343. The zero-order chi connectivity index (χ0) is 26.4. The van der Waals surface area contributed by atoms with Gasteiger partial charge in [-0.2, -0.15) is 13.8 Å². The number of benzene rings is 1. The number of amides is 1. The number of anilines is 5. The second kappa shape index (κ2) is 12.2. The standard InChI is InChI=1S/C25H31F2N7O2S/c1-4-28-23(35)21-19(8-13-37-21)30-22-16(3)15-29-25(32-22)31-18-7-6-17(14-20(18)36-24(26)27)34-11-9-33(5-2)10-12-34/h6-8,13-15,24H,4-5,9-12H2,1-3H3,(H,28,35)(H2,29,30,31,32). The maximum atomic E-state index is 13.3. The topological polar surface area (TPSA) is 94.6 Å². The predicted molar refractivity (Wildman–Crippen MR) is 143 cm³/mol. The van der Waals surface area contributed by atoms with E-state index in [0.29, 0.717) is 28.6 Å². The van der Waals surface area contributed by atoms with Gasteiger partial charge in [-0.25, -0.2) is 4.98 Å². The molecule has 0 unspecified atom stereocenters. The van der Waals surface area contributed by atoms with Gasteiger partial charge in [0.1, 0.15) is 10.7 Å². The van der Waals surface area contributed by atoms with E-state index < -0.39 is 6.61 Å². The van der Waals surface area contributed by atoms with Crippen LogP contribution in [0, 0.1) is 6.92 Å². The summed E-state index contributed by atoms with van der Waals surface area (Å²) in [6.07, 6.45) is 1.62. The highest BCUT2D eigenvalue weighted by Crippen LogP contribution is 2.34. The lowest BCUT2D eigenvalue weighted by atomic mass is 10.2. The summed E-state index contributed by atoms with van der Waals surface area (Å²) in [5.74, 6) is 0.532. The number of halogens is 2. The average molecular weight is 532 g/mol. The van der Waals surface area contributed by atoms with Crippen molar-refractivity contribution in [3.63, 3.8) is 0 Å². The molecule has 1 aliphatic heterocycles. The second-order valence-corrected chi connectivity index (χ2v) is 9.39. The number of nitrogens with one attached hydrogen (secondary N) is 3. The lowest BCUT2D eigenvalue weighted by Gasteiger charge is -2.35. The third-order valence-corrected chi connectivity index (χ3v) is 6.96. The van der Waals surface area contributed by atoms with Crippen LogP contribution in [0.15, 0.2) is 35.8 Å². The normalized spacial score (nSPS) is 14.1. The smallest absolute Gasteiger partial charge is 0.387 e. The van der Waals surface area contributed by atoms with Gasteiger partial charge < -0.3 is 30.5 Å². The number of carbonyl (C=O) groups excluding carboxylic acids is 1. The Bertz CT molecular complexity index is 1220. The molecule has 0 atom stereocenters. The first-order chi connectivity index (χ1) is 17.9. The summed E-state index contributed by atoms with van der Waals surface area (Å²) in [5, 5.41) is 10.8. The van der Waals surface area contributed by atoms with Crippen molar-refractivity contribution in [2.24, 2.45) is 0 Å². The van der Waals surface area contributed by atoms with Crippen molar-refractivity contribution in [3.05, 3.63) is 46.3 Å². The van der Waals surface area contributed by atoms with Gasteiger partial charge in [0.05, 0.1) is 11.4 Å². The molecule has 198 valence electrons. The van der Waals surface area contributed by atoms with Crippen molar-refractivity contribution in [2.75, 3.05) is 54.8 Å². The Balaban J connectivity index is 1.55. The summed E-state index contributed by atoms with van der Waals surface area (Å²) >= 11 is 1.32. The number of hydrogen-bond acceptors (Lipinski definition) is 9. The number of carbonyl (C=O) groups is 1. The summed E-state index contributed by atoms with van der Waals surface area (Å²) in [6, 6.07) is 6.99. The molecule has 1 saturated heterocycles. The minimum Gasteiger partial charge on any atom is -0.433 e. The highest BCUT2D eigenvalue weighted by molar-refractivity contribution is 7.12. The van der Waals surface area contributed by atoms with Crippen molar-refractivity contribution in [2.45, 2.75) is 27.4 Å². The summed E-state index contributed by atoms with van der Waals surface area (Å²) in [4.78, 5) is 26.2. The predicted octanol–water partition coefficient (Wildman–Crippen LogP) is 4.83. The molecule has 0 saturated carbocycles. The molecule has 3 N–H and O–H groups in total. The SMILES string of the molecule is CCNC(=O)c1sccc1Nc1nc(Nc2ccc(N3CCN(CC)CC3)cc2OC(F)F)ncc1C. The van der Waals surface area contributed by atoms with Crippen molar-refractivity contribution in [3.8, 4) is 5.75 Å². The number of alkyl halides is 2. The number of rotatable bonds is 10. The van der Waals surface area contributed by atoms with Crippen molar-refractivity contribution < 1.29 is 18.3 Å². The molecule has 0 spiro atoms. The molecule has 2 aromatic heterocycles. The zero-order valence-electron chi connectivity index (χ0n) is 21.1. The molecule has 1 amide bonds. The molecule has 3 heterocycles. The van der Waals surface area contributed by atoms with E-state index in [1.165, 1.54) is 11.3 Å². The highest BCUT2D eigenvalue weighted by atomic mass is 32.1. The third-order valence-electron chi connectivity index (χ3n) is 6.05. The number of aryl methyl sites for hydroxylation is 1. The summed E-state index contributed by atoms with van der Waals surface area (Å²) in [5.41, 5.74) is 2.52. The first kappa shape index (κ1) is 26.6. The van der Waals surface area contributed by atoms with Crippen molar-refractivity contribution in [1.29, 1.82) is 0 Å². The number of piperazine rings is 1. The van der Waals surface area contributed by atoms with Crippen LogP contribution in [-0.4, -0.2) is 66.7 Å². The molecule has 0 aliphatic carbocycles. The fourth-order valence-electron chi connectivity index (χ4n) is 4.03. The van der Waals surface area contributed by atoms with Crippen molar-refractivity contribution in [1.82, 2.24) is 20.2 Å². The van der Waals surface area contributed by atoms with E-state index >= 15 is 0 Å². The Hall–Kier alpha value is -3.51. The first-order valence-electron chi connectivity index (χ1n) is 12.2. The van der Waals surface area contributed by atoms with E-state index in [0.717, 1.165) is 44.0 Å². The van der Waals surface area contributed by atoms with E-state index in [9.17, 15) is 13.6 Å². The Morgan fingerprint density at radius 2 is 1.92 bits per heavy atom. The molecule has 3 aromatic rings. The minimum absolute atomic E-state index is 0.0143.